The first-order chi connectivity index (χ1) is 10.8. The van der Waals surface area contributed by atoms with Gasteiger partial charge in [-0.3, -0.25) is 9.78 Å². The molecule has 3 rings (SSSR count). The van der Waals surface area contributed by atoms with Crippen LogP contribution >= 0.6 is 0 Å². The molecule has 0 bridgehead atoms. The smallest absolute Gasteiger partial charge is 0.251 e. The third-order valence-corrected chi connectivity index (χ3v) is 3.34. The summed E-state index contributed by atoms with van der Waals surface area (Å²) in [5, 5.41) is 12.7. The minimum Gasteiger partial charge on any atom is -0.346 e. The zero-order valence-electron chi connectivity index (χ0n) is 11.8. The van der Waals surface area contributed by atoms with E-state index in [1.807, 2.05) is 42.5 Å². The van der Waals surface area contributed by atoms with Gasteiger partial charge in [-0.05, 0) is 30.3 Å². The zero-order valence-corrected chi connectivity index (χ0v) is 11.8. The van der Waals surface area contributed by atoms with Gasteiger partial charge in [-0.2, -0.15) is 5.26 Å². The molecule has 1 heterocycles. The van der Waals surface area contributed by atoms with Gasteiger partial charge in [0, 0.05) is 10.9 Å². The van der Waals surface area contributed by atoms with Crippen LogP contribution in [0, 0.1) is 11.3 Å². The molecule has 0 aliphatic carbocycles. The molecule has 0 unspecified atom stereocenters. The van der Waals surface area contributed by atoms with Crippen LogP contribution in [-0.2, 0) is 6.54 Å². The Balaban J connectivity index is 1.73. The molecule has 3 aromatic rings. The Bertz CT molecular complexity index is 881. The van der Waals surface area contributed by atoms with Crippen LogP contribution in [0.25, 0.3) is 10.9 Å². The van der Waals surface area contributed by atoms with Crippen LogP contribution in [-0.4, -0.2) is 10.9 Å². The first-order valence-electron chi connectivity index (χ1n) is 6.89. The van der Waals surface area contributed by atoms with Crippen LogP contribution in [0.4, 0.5) is 0 Å². The Morgan fingerprint density at radius 2 is 1.95 bits per heavy atom. The lowest BCUT2D eigenvalue weighted by molar-refractivity contribution is 0.0950. The monoisotopic (exact) mass is 287 g/mol. The molecule has 0 fully saturated rings. The SMILES string of the molecule is N#Cc1cccc(C(=O)NCc2ccc3ccccc3n2)c1. The van der Waals surface area contributed by atoms with Crippen molar-refractivity contribution in [3.05, 3.63) is 77.5 Å². The molecule has 4 nitrogen and oxygen atoms in total. The van der Waals surface area contributed by atoms with E-state index in [-0.39, 0.29) is 5.91 Å². The Hall–Kier alpha value is -3.19. The van der Waals surface area contributed by atoms with E-state index in [0.717, 1.165) is 16.6 Å². The summed E-state index contributed by atoms with van der Waals surface area (Å²) in [5.41, 5.74) is 2.64. The molecular formula is C18H13N3O. The van der Waals surface area contributed by atoms with Crippen LogP contribution in [0.1, 0.15) is 21.6 Å². The quantitative estimate of drug-likeness (QED) is 0.805. The number of carbonyl (C=O) groups is 1. The molecule has 0 saturated heterocycles. The van der Waals surface area contributed by atoms with E-state index in [9.17, 15) is 4.79 Å². The highest BCUT2D eigenvalue weighted by molar-refractivity contribution is 5.94. The van der Waals surface area contributed by atoms with E-state index in [1.165, 1.54) is 0 Å². The number of aromatic nitrogens is 1. The van der Waals surface area contributed by atoms with Crippen molar-refractivity contribution in [2.75, 3.05) is 0 Å². The lowest BCUT2D eigenvalue weighted by atomic mass is 10.1. The molecule has 0 aliphatic heterocycles. The van der Waals surface area contributed by atoms with Crippen LogP contribution < -0.4 is 5.32 Å². The first kappa shape index (κ1) is 13.8. The Morgan fingerprint density at radius 1 is 1.09 bits per heavy atom. The standard InChI is InChI=1S/C18H13N3O/c19-11-13-4-3-6-15(10-13)18(22)20-12-16-9-8-14-5-1-2-7-17(14)21-16/h1-10H,12H2,(H,20,22). The Kier molecular flexibility index (Phi) is 3.80. The van der Waals surface area contributed by atoms with Gasteiger partial charge in [-0.1, -0.05) is 30.3 Å². The van der Waals surface area contributed by atoms with Crippen molar-refractivity contribution >= 4 is 16.8 Å². The summed E-state index contributed by atoms with van der Waals surface area (Å²) in [7, 11) is 0. The van der Waals surface area contributed by atoms with Crippen LogP contribution in [0.5, 0.6) is 0 Å². The van der Waals surface area contributed by atoms with E-state index in [0.29, 0.717) is 17.7 Å². The number of nitrogens with zero attached hydrogens (tertiary/aromatic N) is 2. The number of fused-ring (bicyclic) bond motifs is 1. The summed E-state index contributed by atoms with van der Waals surface area (Å²) in [6.45, 7) is 0.348. The van der Waals surface area contributed by atoms with Gasteiger partial charge in [0.2, 0.25) is 0 Å². The molecule has 22 heavy (non-hydrogen) atoms. The molecule has 0 saturated carbocycles. The molecule has 2 aromatic carbocycles. The van der Waals surface area contributed by atoms with Gasteiger partial charge in [0.1, 0.15) is 0 Å². The summed E-state index contributed by atoms with van der Waals surface area (Å²) in [5.74, 6) is -0.216. The van der Waals surface area contributed by atoms with Crippen LogP contribution in [0.15, 0.2) is 60.7 Å². The number of rotatable bonds is 3. The van der Waals surface area contributed by atoms with Crippen molar-refractivity contribution in [3.8, 4) is 6.07 Å². The number of nitriles is 1. The number of carbonyl (C=O) groups excluding carboxylic acids is 1. The summed E-state index contributed by atoms with van der Waals surface area (Å²) >= 11 is 0. The molecule has 4 heteroatoms. The molecule has 0 aliphatic rings. The summed E-state index contributed by atoms with van der Waals surface area (Å²) < 4.78 is 0. The average Bonchev–Trinajstić information content (AvgIpc) is 2.59. The van der Waals surface area contributed by atoms with Gasteiger partial charge >= 0.3 is 0 Å². The highest BCUT2D eigenvalue weighted by Crippen LogP contribution is 2.12. The van der Waals surface area contributed by atoms with Gasteiger partial charge in [-0.25, -0.2) is 0 Å². The number of amides is 1. The molecule has 106 valence electrons. The van der Waals surface area contributed by atoms with Crippen molar-refractivity contribution < 1.29 is 4.79 Å². The fourth-order valence-corrected chi connectivity index (χ4v) is 2.21. The van der Waals surface area contributed by atoms with Crippen molar-refractivity contribution in [2.24, 2.45) is 0 Å². The second kappa shape index (κ2) is 6.06. The van der Waals surface area contributed by atoms with Gasteiger partial charge in [0.15, 0.2) is 0 Å². The number of hydrogen-bond donors (Lipinski definition) is 1. The minimum atomic E-state index is -0.216. The summed E-state index contributed by atoms with van der Waals surface area (Å²) in [6.07, 6.45) is 0. The molecule has 0 spiro atoms. The highest BCUT2D eigenvalue weighted by Gasteiger charge is 2.06. The Morgan fingerprint density at radius 3 is 2.82 bits per heavy atom. The second-order valence-corrected chi connectivity index (χ2v) is 4.87. The fourth-order valence-electron chi connectivity index (χ4n) is 2.21. The third-order valence-electron chi connectivity index (χ3n) is 3.34. The number of pyridine rings is 1. The second-order valence-electron chi connectivity index (χ2n) is 4.87. The molecule has 1 aromatic heterocycles. The van der Waals surface area contributed by atoms with Gasteiger partial charge in [-0.15, -0.1) is 0 Å². The van der Waals surface area contributed by atoms with Crippen LogP contribution in [0.3, 0.4) is 0 Å². The van der Waals surface area contributed by atoms with Crippen molar-refractivity contribution in [3.63, 3.8) is 0 Å². The predicted octanol–water partition coefficient (Wildman–Crippen LogP) is 3.04. The number of nitrogens with one attached hydrogen (secondary N) is 1. The summed E-state index contributed by atoms with van der Waals surface area (Å²) in [6, 6.07) is 20.4. The lowest BCUT2D eigenvalue weighted by Gasteiger charge is -2.06. The van der Waals surface area contributed by atoms with Crippen molar-refractivity contribution in [1.29, 1.82) is 5.26 Å². The summed E-state index contributed by atoms with van der Waals surface area (Å²) in [4.78, 5) is 16.6. The van der Waals surface area contributed by atoms with E-state index in [4.69, 9.17) is 5.26 Å². The molecule has 1 N–H and O–H groups in total. The number of para-hydroxylation sites is 1. The normalized spacial score (nSPS) is 10.1. The molecule has 1 amide bonds. The zero-order chi connectivity index (χ0) is 15.4. The van der Waals surface area contributed by atoms with Gasteiger partial charge < -0.3 is 5.32 Å². The average molecular weight is 287 g/mol. The number of hydrogen-bond acceptors (Lipinski definition) is 3. The maximum absolute atomic E-state index is 12.1. The molecular weight excluding hydrogens is 274 g/mol. The van der Waals surface area contributed by atoms with E-state index in [1.54, 1.807) is 24.3 Å². The topological polar surface area (TPSA) is 65.8 Å². The predicted molar refractivity (Wildman–Crippen MR) is 84.1 cm³/mol. The van der Waals surface area contributed by atoms with Crippen molar-refractivity contribution in [2.45, 2.75) is 6.54 Å². The van der Waals surface area contributed by atoms with E-state index in [2.05, 4.69) is 10.3 Å². The maximum atomic E-state index is 12.1. The van der Waals surface area contributed by atoms with Gasteiger partial charge in [0.25, 0.3) is 5.91 Å². The van der Waals surface area contributed by atoms with Crippen LogP contribution in [0.2, 0.25) is 0 Å². The minimum absolute atomic E-state index is 0.216. The fraction of sp³-hybridized carbons (Fsp3) is 0.0556. The number of benzene rings is 2. The van der Waals surface area contributed by atoms with E-state index < -0.39 is 0 Å². The van der Waals surface area contributed by atoms with Gasteiger partial charge in [0.05, 0.1) is 29.4 Å². The Labute approximate surface area is 128 Å². The maximum Gasteiger partial charge on any atom is 0.251 e. The molecule has 0 atom stereocenters. The molecule has 0 radical (unpaired) electrons. The highest BCUT2D eigenvalue weighted by atomic mass is 16.1. The van der Waals surface area contributed by atoms with Crippen molar-refractivity contribution in [1.82, 2.24) is 10.3 Å². The lowest BCUT2D eigenvalue weighted by Crippen LogP contribution is -2.23. The first-order valence-corrected chi connectivity index (χ1v) is 6.89. The largest absolute Gasteiger partial charge is 0.346 e. The third kappa shape index (κ3) is 2.94. The van der Waals surface area contributed by atoms with E-state index >= 15 is 0 Å².